The molecule has 1 atom stereocenters. The van der Waals surface area contributed by atoms with Crippen LogP contribution >= 0.6 is 0 Å². The normalized spacial score (nSPS) is 13.3. The average molecular weight is 308 g/mol. The molecule has 1 aromatic rings. The summed E-state index contributed by atoms with van der Waals surface area (Å²) < 4.78 is 11.4. The summed E-state index contributed by atoms with van der Waals surface area (Å²) in [6.45, 7) is 15.6. The largest absolute Gasteiger partial charge is 0.490 e. The van der Waals surface area contributed by atoms with Crippen LogP contribution in [-0.4, -0.2) is 36.7 Å². The van der Waals surface area contributed by atoms with Gasteiger partial charge >= 0.3 is 0 Å². The fourth-order valence-corrected chi connectivity index (χ4v) is 2.88. The highest BCUT2D eigenvalue weighted by Crippen LogP contribution is 2.34. The fourth-order valence-electron chi connectivity index (χ4n) is 2.88. The molecule has 0 fully saturated rings. The molecule has 4 nitrogen and oxygen atoms in total. The van der Waals surface area contributed by atoms with Crippen molar-refractivity contribution in [2.75, 3.05) is 26.3 Å². The highest BCUT2D eigenvalue weighted by Gasteiger charge is 2.28. The second-order valence-corrected chi connectivity index (χ2v) is 6.28. The number of hydrogen-bond acceptors (Lipinski definition) is 4. The third kappa shape index (κ3) is 4.62. The minimum atomic E-state index is 0.0587. The standard InChI is InChI=1S/C18H32N2O2/c1-7-20(18(4,5)6)15(13-19)14-10-11-16(21-8-2)17(12-14)22-9-3/h10-12,15H,7-9,13,19H2,1-6H3. The Bertz CT molecular complexity index is 455. The summed E-state index contributed by atoms with van der Waals surface area (Å²) in [5, 5.41) is 0. The molecular weight excluding hydrogens is 276 g/mol. The van der Waals surface area contributed by atoms with Crippen molar-refractivity contribution in [3.05, 3.63) is 23.8 Å². The van der Waals surface area contributed by atoms with Crippen molar-refractivity contribution in [2.45, 2.75) is 53.1 Å². The van der Waals surface area contributed by atoms with Gasteiger partial charge in [-0.15, -0.1) is 0 Å². The van der Waals surface area contributed by atoms with E-state index in [9.17, 15) is 0 Å². The van der Waals surface area contributed by atoms with Gasteiger partial charge in [-0.2, -0.15) is 0 Å². The van der Waals surface area contributed by atoms with Gasteiger partial charge in [-0.3, -0.25) is 4.90 Å². The Morgan fingerprint density at radius 3 is 2.09 bits per heavy atom. The van der Waals surface area contributed by atoms with Crippen molar-refractivity contribution >= 4 is 0 Å². The van der Waals surface area contributed by atoms with Gasteiger partial charge in [0.15, 0.2) is 11.5 Å². The summed E-state index contributed by atoms with van der Waals surface area (Å²) in [5.41, 5.74) is 7.32. The van der Waals surface area contributed by atoms with Crippen molar-refractivity contribution in [3.8, 4) is 11.5 Å². The minimum absolute atomic E-state index is 0.0587. The summed E-state index contributed by atoms with van der Waals surface area (Å²) in [7, 11) is 0. The molecule has 1 rings (SSSR count). The number of hydrogen-bond donors (Lipinski definition) is 1. The molecule has 0 heterocycles. The van der Waals surface area contributed by atoms with Crippen molar-refractivity contribution in [1.82, 2.24) is 4.90 Å². The van der Waals surface area contributed by atoms with Crippen LogP contribution in [0.1, 0.15) is 53.1 Å². The van der Waals surface area contributed by atoms with Gasteiger partial charge in [0.1, 0.15) is 0 Å². The van der Waals surface area contributed by atoms with Gasteiger partial charge in [0.25, 0.3) is 0 Å². The van der Waals surface area contributed by atoms with Crippen LogP contribution in [0.4, 0.5) is 0 Å². The monoisotopic (exact) mass is 308 g/mol. The molecule has 0 aromatic heterocycles. The van der Waals surface area contributed by atoms with Crippen LogP contribution in [0.2, 0.25) is 0 Å². The zero-order valence-electron chi connectivity index (χ0n) is 15.0. The zero-order chi connectivity index (χ0) is 16.8. The molecule has 0 radical (unpaired) electrons. The second-order valence-electron chi connectivity index (χ2n) is 6.28. The lowest BCUT2D eigenvalue weighted by atomic mass is 9.97. The Morgan fingerprint density at radius 2 is 1.64 bits per heavy atom. The smallest absolute Gasteiger partial charge is 0.161 e. The van der Waals surface area contributed by atoms with E-state index in [1.165, 1.54) is 5.56 Å². The van der Waals surface area contributed by atoms with Gasteiger partial charge in [0, 0.05) is 18.1 Å². The first kappa shape index (κ1) is 18.8. The molecule has 0 aliphatic heterocycles. The lowest BCUT2D eigenvalue weighted by molar-refractivity contribution is 0.0917. The molecule has 0 bridgehead atoms. The quantitative estimate of drug-likeness (QED) is 0.797. The highest BCUT2D eigenvalue weighted by molar-refractivity contribution is 5.44. The van der Waals surface area contributed by atoms with E-state index >= 15 is 0 Å². The molecule has 126 valence electrons. The molecule has 4 heteroatoms. The van der Waals surface area contributed by atoms with Crippen LogP contribution in [0.15, 0.2) is 18.2 Å². The summed E-state index contributed by atoms with van der Waals surface area (Å²) >= 11 is 0. The number of ether oxygens (including phenoxy) is 2. The van der Waals surface area contributed by atoms with Crippen LogP contribution in [-0.2, 0) is 0 Å². The van der Waals surface area contributed by atoms with Gasteiger partial charge in [-0.1, -0.05) is 13.0 Å². The van der Waals surface area contributed by atoms with Gasteiger partial charge in [-0.05, 0) is 58.9 Å². The van der Waals surface area contributed by atoms with Gasteiger partial charge in [0.05, 0.1) is 13.2 Å². The van der Waals surface area contributed by atoms with E-state index in [1.807, 2.05) is 19.9 Å². The molecule has 0 saturated carbocycles. The van der Waals surface area contributed by atoms with E-state index in [0.717, 1.165) is 18.0 Å². The molecule has 22 heavy (non-hydrogen) atoms. The van der Waals surface area contributed by atoms with Gasteiger partial charge in [0.2, 0.25) is 0 Å². The SMILES string of the molecule is CCOc1ccc(C(CN)N(CC)C(C)(C)C)cc1OCC. The van der Waals surface area contributed by atoms with E-state index in [-0.39, 0.29) is 11.6 Å². The Kier molecular flexibility index (Phi) is 7.17. The van der Waals surface area contributed by atoms with Crippen molar-refractivity contribution in [1.29, 1.82) is 0 Å². The summed E-state index contributed by atoms with van der Waals surface area (Å²) in [6.07, 6.45) is 0. The molecule has 0 spiro atoms. The predicted molar refractivity (Wildman–Crippen MR) is 92.7 cm³/mol. The van der Waals surface area contributed by atoms with E-state index < -0.39 is 0 Å². The third-order valence-corrected chi connectivity index (χ3v) is 3.75. The Balaban J connectivity index is 3.19. The summed E-state index contributed by atoms with van der Waals surface area (Å²) in [6, 6.07) is 6.32. The van der Waals surface area contributed by atoms with E-state index in [1.54, 1.807) is 0 Å². The minimum Gasteiger partial charge on any atom is -0.490 e. The second kappa shape index (κ2) is 8.39. The summed E-state index contributed by atoms with van der Waals surface area (Å²) in [5.74, 6) is 1.59. The van der Waals surface area contributed by atoms with Crippen LogP contribution in [0.3, 0.4) is 0 Å². The van der Waals surface area contributed by atoms with Gasteiger partial charge in [-0.25, -0.2) is 0 Å². The molecule has 2 N–H and O–H groups in total. The molecule has 1 unspecified atom stereocenters. The number of nitrogens with zero attached hydrogens (tertiary/aromatic N) is 1. The lowest BCUT2D eigenvalue weighted by Crippen LogP contribution is -2.46. The maximum Gasteiger partial charge on any atom is 0.161 e. The first-order valence-corrected chi connectivity index (χ1v) is 8.25. The van der Waals surface area contributed by atoms with Gasteiger partial charge < -0.3 is 15.2 Å². The first-order chi connectivity index (χ1) is 10.4. The fraction of sp³-hybridized carbons (Fsp3) is 0.667. The highest BCUT2D eigenvalue weighted by atomic mass is 16.5. The first-order valence-electron chi connectivity index (χ1n) is 8.25. The van der Waals surface area contributed by atoms with Crippen molar-refractivity contribution in [2.24, 2.45) is 5.73 Å². The van der Waals surface area contributed by atoms with E-state index in [2.05, 4.69) is 44.7 Å². The number of benzene rings is 1. The van der Waals surface area contributed by atoms with E-state index in [4.69, 9.17) is 15.2 Å². The Morgan fingerprint density at radius 1 is 1.05 bits per heavy atom. The maximum absolute atomic E-state index is 6.08. The number of likely N-dealkylation sites (N-methyl/N-ethyl adjacent to an activating group) is 1. The van der Waals surface area contributed by atoms with Crippen LogP contribution in [0.5, 0.6) is 11.5 Å². The number of rotatable bonds is 8. The van der Waals surface area contributed by atoms with E-state index in [0.29, 0.717) is 19.8 Å². The predicted octanol–water partition coefficient (Wildman–Crippen LogP) is 3.60. The molecule has 0 amide bonds. The Hall–Kier alpha value is -1.26. The molecule has 0 aliphatic carbocycles. The van der Waals surface area contributed by atoms with Crippen LogP contribution < -0.4 is 15.2 Å². The van der Waals surface area contributed by atoms with Crippen LogP contribution in [0, 0.1) is 0 Å². The maximum atomic E-state index is 6.08. The molecule has 0 aliphatic rings. The topological polar surface area (TPSA) is 47.7 Å². The molecular formula is C18H32N2O2. The Labute approximate surface area is 135 Å². The van der Waals surface area contributed by atoms with Crippen molar-refractivity contribution < 1.29 is 9.47 Å². The van der Waals surface area contributed by atoms with Crippen molar-refractivity contribution in [3.63, 3.8) is 0 Å². The molecule has 1 aromatic carbocycles. The number of nitrogens with two attached hydrogens (primary N) is 1. The summed E-state index contributed by atoms with van der Waals surface area (Å²) in [4.78, 5) is 2.42. The average Bonchev–Trinajstić information content (AvgIpc) is 2.45. The molecule has 0 saturated heterocycles. The zero-order valence-corrected chi connectivity index (χ0v) is 15.0. The lowest BCUT2D eigenvalue weighted by Gasteiger charge is -2.41. The van der Waals surface area contributed by atoms with Crippen LogP contribution in [0.25, 0.3) is 0 Å². The third-order valence-electron chi connectivity index (χ3n) is 3.75.